The molecule has 0 amide bonds. The van der Waals surface area contributed by atoms with Crippen molar-refractivity contribution in [1.82, 2.24) is 0 Å². The number of aliphatic hydroxyl groups is 1. The highest BCUT2D eigenvalue weighted by atomic mass is 16.5. The maximum absolute atomic E-state index is 9.83. The molecule has 0 fully saturated rings. The number of hydrogen-bond acceptors (Lipinski definition) is 2. The maximum atomic E-state index is 9.83. The van der Waals surface area contributed by atoms with Gasteiger partial charge in [-0.3, -0.25) is 0 Å². The van der Waals surface area contributed by atoms with Gasteiger partial charge in [-0.1, -0.05) is 30.4 Å². The van der Waals surface area contributed by atoms with Crippen molar-refractivity contribution >= 4 is 0 Å². The van der Waals surface area contributed by atoms with Crippen LogP contribution in [0.4, 0.5) is 0 Å². The van der Waals surface area contributed by atoms with Crippen molar-refractivity contribution in [2.24, 2.45) is 0 Å². The number of aliphatic hydroxyl groups excluding tert-OH is 1. The van der Waals surface area contributed by atoms with Gasteiger partial charge < -0.3 is 9.84 Å². The Morgan fingerprint density at radius 3 is 2.40 bits per heavy atom. The molecule has 0 bridgehead atoms. The summed E-state index contributed by atoms with van der Waals surface area (Å²) in [7, 11) is 0. The van der Waals surface area contributed by atoms with Crippen molar-refractivity contribution in [3.8, 4) is 5.75 Å². The Bertz CT molecular complexity index is 315. The summed E-state index contributed by atoms with van der Waals surface area (Å²) < 4.78 is 5.71. The van der Waals surface area contributed by atoms with Crippen LogP contribution in [0.15, 0.2) is 42.5 Å². The molecule has 0 aliphatic heterocycles. The molecule has 1 rings (SSSR count). The molecule has 0 heterocycles. The summed E-state index contributed by atoms with van der Waals surface area (Å²) in [6.45, 7) is 5.61. The Morgan fingerprint density at radius 1 is 1.27 bits per heavy atom. The second kappa shape index (κ2) is 4.99. The molecule has 1 N–H and O–H groups in total. The molecule has 0 spiro atoms. The average molecular weight is 206 g/mol. The van der Waals surface area contributed by atoms with Gasteiger partial charge in [0, 0.05) is 0 Å². The lowest BCUT2D eigenvalue weighted by molar-refractivity contribution is -0.00178. The minimum atomic E-state index is -0.617. The molecule has 0 aliphatic rings. The standard InChI is InChI=1S/C13H18O2/c1-4-8-12(14)13(2,3)15-11-9-6-5-7-10-11/h4-10,12,14H,1-3H3/b8-4+/t12-/m1/s1. The Kier molecular flexibility index (Phi) is 3.92. The third-order valence-electron chi connectivity index (χ3n) is 2.21. The van der Waals surface area contributed by atoms with Crippen LogP contribution in [0.5, 0.6) is 5.75 Å². The predicted octanol–water partition coefficient (Wildman–Crippen LogP) is 2.78. The molecule has 0 aliphatic carbocycles. The molecule has 0 radical (unpaired) electrons. The normalized spacial score (nSPS) is 14.1. The van der Waals surface area contributed by atoms with Crippen LogP contribution in [0.2, 0.25) is 0 Å². The van der Waals surface area contributed by atoms with Gasteiger partial charge in [0.2, 0.25) is 0 Å². The zero-order chi connectivity index (χ0) is 11.3. The molecule has 82 valence electrons. The van der Waals surface area contributed by atoms with E-state index in [0.29, 0.717) is 0 Å². The molecular formula is C13H18O2. The summed E-state index contributed by atoms with van der Waals surface area (Å²) in [6, 6.07) is 9.51. The lowest BCUT2D eigenvalue weighted by atomic mass is 10.0. The molecule has 1 aromatic carbocycles. The Morgan fingerprint density at radius 2 is 1.87 bits per heavy atom. The molecule has 2 heteroatoms. The van der Waals surface area contributed by atoms with Crippen LogP contribution < -0.4 is 4.74 Å². The lowest BCUT2D eigenvalue weighted by Crippen LogP contribution is -2.40. The minimum absolute atomic E-state index is 0.609. The first kappa shape index (κ1) is 11.8. The third-order valence-corrected chi connectivity index (χ3v) is 2.21. The van der Waals surface area contributed by atoms with Crippen LogP contribution in [0.25, 0.3) is 0 Å². The highest BCUT2D eigenvalue weighted by molar-refractivity contribution is 5.22. The number of benzene rings is 1. The molecular weight excluding hydrogens is 188 g/mol. The summed E-state index contributed by atoms with van der Waals surface area (Å²) in [6.07, 6.45) is 2.94. The highest BCUT2D eigenvalue weighted by Gasteiger charge is 2.27. The molecule has 0 saturated heterocycles. The summed E-state index contributed by atoms with van der Waals surface area (Å²) in [5, 5.41) is 9.83. The quantitative estimate of drug-likeness (QED) is 0.767. The van der Waals surface area contributed by atoms with Crippen LogP contribution in [0, 0.1) is 0 Å². The van der Waals surface area contributed by atoms with Gasteiger partial charge in [0.25, 0.3) is 0 Å². The molecule has 15 heavy (non-hydrogen) atoms. The molecule has 1 aromatic rings. The second-order valence-corrected chi connectivity index (χ2v) is 3.99. The summed E-state index contributed by atoms with van der Waals surface area (Å²) in [5.41, 5.74) is -0.617. The molecule has 0 saturated carbocycles. The predicted molar refractivity (Wildman–Crippen MR) is 62.0 cm³/mol. The summed E-state index contributed by atoms with van der Waals surface area (Å²) in [4.78, 5) is 0. The van der Waals surface area contributed by atoms with Crippen molar-refractivity contribution in [1.29, 1.82) is 0 Å². The van der Waals surface area contributed by atoms with E-state index in [9.17, 15) is 5.11 Å². The zero-order valence-electron chi connectivity index (χ0n) is 9.47. The van der Waals surface area contributed by atoms with Gasteiger partial charge in [-0.15, -0.1) is 0 Å². The SMILES string of the molecule is C/C=C/[C@@H](O)C(C)(C)Oc1ccccc1. The maximum Gasteiger partial charge on any atom is 0.133 e. The fourth-order valence-electron chi connectivity index (χ4n) is 1.27. The molecule has 1 atom stereocenters. The van der Waals surface area contributed by atoms with Crippen LogP contribution >= 0.6 is 0 Å². The van der Waals surface area contributed by atoms with Crippen LogP contribution in [-0.4, -0.2) is 16.8 Å². The van der Waals surface area contributed by atoms with E-state index >= 15 is 0 Å². The smallest absolute Gasteiger partial charge is 0.133 e. The first-order valence-corrected chi connectivity index (χ1v) is 5.11. The number of ether oxygens (including phenoxy) is 1. The molecule has 2 nitrogen and oxygen atoms in total. The van der Waals surface area contributed by atoms with E-state index in [4.69, 9.17) is 4.74 Å². The van der Waals surface area contributed by atoms with Crippen molar-refractivity contribution in [2.45, 2.75) is 32.5 Å². The Labute approximate surface area is 91.2 Å². The van der Waals surface area contributed by atoms with Gasteiger partial charge in [-0.2, -0.15) is 0 Å². The second-order valence-electron chi connectivity index (χ2n) is 3.99. The Hall–Kier alpha value is -1.28. The van der Waals surface area contributed by atoms with Crippen LogP contribution in [0.3, 0.4) is 0 Å². The van der Waals surface area contributed by atoms with Gasteiger partial charge >= 0.3 is 0 Å². The zero-order valence-corrected chi connectivity index (χ0v) is 9.47. The first-order valence-electron chi connectivity index (χ1n) is 5.11. The number of para-hydroxylation sites is 1. The minimum Gasteiger partial charge on any atom is -0.485 e. The largest absolute Gasteiger partial charge is 0.485 e. The van der Waals surface area contributed by atoms with Crippen molar-refractivity contribution < 1.29 is 9.84 Å². The van der Waals surface area contributed by atoms with Gasteiger partial charge in [0.15, 0.2) is 0 Å². The van der Waals surface area contributed by atoms with Crippen LogP contribution in [0.1, 0.15) is 20.8 Å². The highest BCUT2D eigenvalue weighted by Crippen LogP contribution is 2.21. The van der Waals surface area contributed by atoms with Crippen molar-refractivity contribution in [3.63, 3.8) is 0 Å². The van der Waals surface area contributed by atoms with E-state index in [0.717, 1.165) is 5.75 Å². The van der Waals surface area contributed by atoms with Gasteiger partial charge in [0.05, 0.1) is 0 Å². The van der Waals surface area contributed by atoms with E-state index < -0.39 is 11.7 Å². The van der Waals surface area contributed by atoms with Gasteiger partial charge in [-0.05, 0) is 32.9 Å². The topological polar surface area (TPSA) is 29.5 Å². The summed E-state index contributed by atoms with van der Waals surface area (Å²) >= 11 is 0. The lowest BCUT2D eigenvalue weighted by Gasteiger charge is -2.29. The van der Waals surface area contributed by atoms with Crippen molar-refractivity contribution in [2.75, 3.05) is 0 Å². The van der Waals surface area contributed by atoms with E-state index in [1.54, 1.807) is 6.08 Å². The van der Waals surface area contributed by atoms with E-state index in [1.807, 2.05) is 57.2 Å². The van der Waals surface area contributed by atoms with E-state index in [2.05, 4.69) is 0 Å². The fraction of sp³-hybridized carbons (Fsp3) is 0.385. The van der Waals surface area contributed by atoms with Crippen LogP contribution in [-0.2, 0) is 0 Å². The molecule has 0 aromatic heterocycles. The Balaban J connectivity index is 2.72. The number of rotatable bonds is 4. The van der Waals surface area contributed by atoms with E-state index in [-0.39, 0.29) is 0 Å². The molecule has 0 unspecified atom stereocenters. The average Bonchev–Trinajstić information content (AvgIpc) is 2.19. The fourth-order valence-corrected chi connectivity index (χ4v) is 1.27. The van der Waals surface area contributed by atoms with Gasteiger partial charge in [0.1, 0.15) is 17.5 Å². The summed E-state index contributed by atoms with van der Waals surface area (Å²) in [5.74, 6) is 0.769. The van der Waals surface area contributed by atoms with E-state index in [1.165, 1.54) is 0 Å². The first-order chi connectivity index (χ1) is 7.06. The van der Waals surface area contributed by atoms with Gasteiger partial charge in [-0.25, -0.2) is 0 Å². The van der Waals surface area contributed by atoms with Crippen molar-refractivity contribution in [3.05, 3.63) is 42.5 Å². The number of hydrogen-bond donors (Lipinski definition) is 1. The third kappa shape index (κ3) is 3.40. The number of allylic oxidation sites excluding steroid dienone is 1. The monoisotopic (exact) mass is 206 g/mol.